The van der Waals surface area contributed by atoms with Crippen molar-refractivity contribution in [3.05, 3.63) is 28.8 Å². The minimum absolute atomic E-state index is 0.0230. The van der Waals surface area contributed by atoms with Crippen molar-refractivity contribution in [1.82, 2.24) is 0 Å². The Labute approximate surface area is 97.4 Å². The second-order valence-electron chi connectivity index (χ2n) is 3.62. The molecule has 0 aliphatic rings. The molecule has 0 saturated heterocycles. The summed E-state index contributed by atoms with van der Waals surface area (Å²) < 4.78 is 43.4. The number of halogens is 3. The largest absolute Gasteiger partial charge is 0.493 e. The molecule has 0 aliphatic heterocycles. The van der Waals surface area contributed by atoms with Crippen molar-refractivity contribution >= 4 is 5.78 Å². The number of aryl methyl sites for hydroxylation is 1. The lowest BCUT2D eigenvalue weighted by atomic mass is 9.99. The zero-order valence-electron chi connectivity index (χ0n) is 9.81. The van der Waals surface area contributed by atoms with Crippen molar-refractivity contribution in [2.45, 2.75) is 26.9 Å². The normalized spacial score (nSPS) is 11.4. The van der Waals surface area contributed by atoms with E-state index >= 15 is 0 Å². The van der Waals surface area contributed by atoms with Crippen LogP contribution < -0.4 is 4.74 Å². The van der Waals surface area contributed by atoms with Crippen molar-refractivity contribution < 1.29 is 22.7 Å². The first kappa shape index (κ1) is 13.5. The first-order valence-electron chi connectivity index (χ1n) is 5.13. The summed E-state index contributed by atoms with van der Waals surface area (Å²) in [5.41, 5.74) is -0.816. The summed E-state index contributed by atoms with van der Waals surface area (Å²) >= 11 is 0. The average molecular weight is 246 g/mol. The Hall–Kier alpha value is -1.52. The summed E-state index contributed by atoms with van der Waals surface area (Å²) in [6.07, 6.45) is -4.56. The highest BCUT2D eigenvalue weighted by Crippen LogP contribution is 2.37. The lowest BCUT2D eigenvalue weighted by Gasteiger charge is -2.17. The molecule has 0 radical (unpaired) electrons. The van der Waals surface area contributed by atoms with Gasteiger partial charge in [-0.05, 0) is 32.4 Å². The maximum atomic E-state index is 12.8. The molecule has 0 aromatic heterocycles. The molecule has 0 fully saturated rings. The minimum Gasteiger partial charge on any atom is -0.493 e. The zero-order chi connectivity index (χ0) is 13.2. The van der Waals surface area contributed by atoms with E-state index in [0.29, 0.717) is 5.56 Å². The lowest BCUT2D eigenvalue weighted by molar-refractivity contribution is -0.138. The number of ether oxygens (including phenoxy) is 1. The van der Waals surface area contributed by atoms with Gasteiger partial charge >= 0.3 is 6.18 Å². The van der Waals surface area contributed by atoms with E-state index in [0.717, 1.165) is 13.0 Å². The van der Waals surface area contributed by atoms with Crippen LogP contribution in [0.1, 0.15) is 35.3 Å². The number of Topliss-reactive ketones (excluding diaryl/α,β-unsaturated/α-hetero) is 1. The highest BCUT2D eigenvalue weighted by molar-refractivity contribution is 5.99. The quantitative estimate of drug-likeness (QED) is 0.761. The molecular weight excluding hydrogens is 233 g/mol. The summed E-state index contributed by atoms with van der Waals surface area (Å²) in [5.74, 6) is -0.626. The number of benzene rings is 1. The molecule has 0 bridgehead atoms. The van der Waals surface area contributed by atoms with Crippen LogP contribution in [0.4, 0.5) is 13.2 Å². The number of rotatable bonds is 3. The molecule has 0 spiro atoms. The smallest absolute Gasteiger partial charge is 0.417 e. The molecule has 2 nitrogen and oxygen atoms in total. The fourth-order valence-corrected chi connectivity index (χ4v) is 1.60. The third-order valence-electron chi connectivity index (χ3n) is 2.30. The third kappa shape index (κ3) is 2.78. The molecule has 0 saturated carbocycles. The number of hydrogen-bond donors (Lipinski definition) is 0. The van der Waals surface area contributed by atoms with Gasteiger partial charge in [-0.15, -0.1) is 0 Å². The molecule has 94 valence electrons. The summed E-state index contributed by atoms with van der Waals surface area (Å²) in [7, 11) is 0. The minimum atomic E-state index is -4.56. The summed E-state index contributed by atoms with van der Waals surface area (Å²) in [4.78, 5) is 11.4. The maximum absolute atomic E-state index is 12.8. The van der Waals surface area contributed by atoms with Crippen LogP contribution in [-0.4, -0.2) is 12.4 Å². The Morgan fingerprint density at radius 3 is 2.35 bits per heavy atom. The zero-order valence-corrected chi connectivity index (χ0v) is 9.81. The Bertz CT molecular complexity index is 436. The Kier molecular flexibility index (Phi) is 3.80. The molecule has 1 aromatic carbocycles. The Balaban J connectivity index is 3.53. The van der Waals surface area contributed by atoms with Crippen LogP contribution >= 0.6 is 0 Å². The van der Waals surface area contributed by atoms with E-state index in [1.54, 1.807) is 13.8 Å². The van der Waals surface area contributed by atoms with Gasteiger partial charge < -0.3 is 4.74 Å². The highest BCUT2D eigenvalue weighted by Gasteiger charge is 2.36. The van der Waals surface area contributed by atoms with Crippen molar-refractivity contribution in [3.8, 4) is 5.75 Å². The second-order valence-corrected chi connectivity index (χ2v) is 3.62. The molecule has 0 N–H and O–H groups in total. The first-order chi connectivity index (χ1) is 7.79. The van der Waals surface area contributed by atoms with Gasteiger partial charge in [-0.1, -0.05) is 6.07 Å². The fraction of sp³-hybridized carbons (Fsp3) is 0.417. The topological polar surface area (TPSA) is 26.3 Å². The van der Waals surface area contributed by atoms with E-state index in [4.69, 9.17) is 4.74 Å². The molecule has 17 heavy (non-hydrogen) atoms. The number of ketones is 1. The number of carbonyl (C=O) groups is 1. The van der Waals surface area contributed by atoms with E-state index < -0.39 is 17.5 Å². The molecule has 0 aliphatic carbocycles. The predicted molar refractivity (Wildman–Crippen MR) is 57.4 cm³/mol. The molecule has 1 rings (SSSR count). The van der Waals surface area contributed by atoms with Crippen LogP contribution in [0, 0.1) is 6.92 Å². The van der Waals surface area contributed by atoms with Crippen molar-refractivity contribution in [2.24, 2.45) is 0 Å². The van der Waals surface area contributed by atoms with Gasteiger partial charge in [-0.3, -0.25) is 4.79 Å². The van der Waals surface area contributed by atoms with Crippen molar-refractivity contribution in [2.75, 3.05) is 6.61 Å². The Morgan fingerprint density at radius 2 is 1.94 bits per heavy atom. The van der Waals surface area contributed by atoms with Gasteiger partial charge in [0, 0.05) is 0 Å². The predicted octanol–water partition coefficient (Wildman–Crippen LogP) is 3.62. The standard InChI is InChI=1S/C12H13F3O2/c1-4-17-11-7(2)5-6-9(12(13,14)15)10(11)8(3)16/h5-6H,4H2,1-3H3. The van der Waals surface area contributed by atoms with Gasteiger partial charge in [0.15, 0.2) is 5.78 Å². The van der Waals surface area contributed by atoms with E-state index in [9.17, 15) is 18.0 Å². The molecule has 0 atom stereocenters. The second kappa shape index (κ2) is 4.77. The molecular formula is C12H13F3O2. The van der Waals surface area contributed by atoms with E-state index in [-0.39, 0.29) is 17.9 Å². The van der Waals surface area contributed by atoms with E-state index in [1.807, 2.05) is 0 Å². The van der Waals surface area contributed by atoms with Gasteiger partial charge in [0.2, 0.25) is 0 Å². The Morgan fingerprint density at radius 1 is 1.35 bits per heavy atom. The molecule has 5 heteroatoms. The van der Waals surface area contributed by atoms with Gasteiger partial charge in [-0.25, -0.2) is 0 Å². The highest BCUT2D eigenvalue weighted by atomic mass is 19.4. The van der Waals surface area contributed by atoms with Crippen LogP contribution in [0.3, 0.4) is 0 Å². The van der Waals surface area contributed by atoms with Crippen LogP contribution in [0.5, 0.6) is 5.75 Å². The number of hydrogen-bond acceptors (Lipinski definition) is 2. The van der Waals surface area contributed by atoms with Gasteiger partial charge in [0.25, 0.3) is 0 Å². The summed E-state index contributed by atoms with van der Waals surface area (Å²) in [6.45, 7) is 4.58. The fourth-order valence-electron chi connectivity index (χ4n) is 1.60. The SMILES string of the molecule is CCOc1c(C)ccc(C(F)(F)F)c1C(C)=O. The third-order valence-corrected chi connectivity index (χ3v) is 2.30. The molecule has 0 amide bonds. The maximum Gasteiger partial charge on any atom is 0.417 e. The number of carbonyl (C=O) groups excluding carboxylic acids is 1. The summed E-state index contributed by atoms with van der Waals surface area (Å²) in [6, 6.07) is 2.22. The van der Waals surface area contributed by atoms with E-state index in [2.05, 4.69) is 0 Å². The average Bonchev–Trinajstić information content (AvgIpc) is 2.18. The first-order valence-corrected chi connectivity index (χ1v) is 5.13. The molecule has 0 unspecified atom stereocenters. The molecule has 1 aromatic rings. The van der Waals surface area contributed by atoms with Crippen LogP contribution in [0.15, 0.2) is 12.1 Å². The van der Waals surface area contributed by atoms with Crippen molar-refractivity contribution in [3.63, 3.8) is 0 Å². The van der Waals surface area contributed by atoms with Gasteiger partial charge in [-0.2, -0.15) is 13.2 Å². The lowest BCUT2D eigenvalue weighted by Crippen LogP contribution is -2.14. The monoisotopic (exact) mass is 246 g/mol. The van der Waals surface area contributed by atoms with Gasteiger partial charge in [0.1, 0.15) is 5.75 Å². The van der Waals surface area contributed by atoms with Crippen LogP contribution in [0.2, 0.25) is 0 Å². The van der Waals surface area contributed by atoms with Gasteiger partial charge in [0.05, 0.1) is 17.7 Å². The van der Waals surface area contributed by atoms with Crippen LogP contribution in [0.25, 0.3) is 0 Å². The van der Waals surface area contributed by atoms with Crippen molar-refractivity contribution in [1.29, 1.82) is 0 Å². The van der Waals surface area contributed by atoms with E-state index in [1.165, 1.54) is 6.07 Å². The molecule has 0 heterocycles. The number of alkyl halides is 3. The summed E-state index contributed by atoms with van der Waals surface area (Å²) in [5, 5.41) is 0. The van der Waals surface area contributed by atoms with Crippen LogP contribution in [-0.2, 0) is 6.18 Å².